The third kappa shape index (κ3) is 2.23. The molecule has 6 heteroatoms. The van der Waals surface area contributed by atoms with Crippen molar-refractivity contribution < 1.29 is 0 Å². The number of nitriles is 1. The van der Waals surface area contributed by atoms with E-state index in [1.807, 2.05) is 11.1 Å². The van der Waals surface area contributed by atoms with Gasteiger partial charge in [0.25, 0.3) is 0 Å². The van der Waals surface area contributed by atoms with Crippen molar-refractivity contribution in [2.45, 2.75) is 26.2 Å². The zero-order chi connectivity index (χ0) is 15.9. The molecule has 2 aromatic heterocycles. The Morgan fingerprint density at radius 2 is 2.22 bits per heavy atom. The Morgan fingerprint density at radius 3 is 3.04 bits per heavy atom. The highest BCUT2D eigenvalue weighted by molar-refractivity contribution is 5.87. The number of aromatic amines is 1. The molecular formula is C17H22N6. The number of hydrogen-bond acceptors (Lipinski definition) is 5. The van der Waals surface area contributed by atoms with Crippen molar-refractivity contribution in [3.8, 4) is 6.19 Å². The lowest BCUT2D eigenvalue weighted by Crippen LogP contribution is -2.57. The minimum absolute atomic E-state index is 0.194. The van der Waals surface area contributed by atoms with Crippen molar-refractivity contribution in [2.75, 3.05) is 31.1 Å². The molecule has 23 heavy (non-hydrogen) atoms. The van der Waals surface area contributed by atoms with Gasteiger partial charge in [-0.05, 0) is 31.2 Å². The number of piperidine rings is 2. The fourth-order valence-electron chi connectivity index (χ4n) is 4.50. The number of hydrogen-bond donors (Lipinski definition) is 1. The van der Waals surface area contributed by atoms with E-state index in [2.05, 4.69) is 39.0 Å². The zero-order valence-electron chi connectivity index (χ0n) is 13.5. The third-order valence-electron chi connectivity index (χ3n) is 5.85. The second kappa shape index (κ2) is 5.41. The number of fused-ring (bicyclic) bond motifs is 2. The first-order valence-electron chi connectivity index (χ1n) is 8.43. The van der Waals surface area contributed by atoms with E-state index in [1.54, 1.807) is 6.33 Å². The van der Waals surface area contributed by atoms with E-state index >= 15 is 0 Å². The zero-order valence-corrected chi connectivity index (χ0v) is 13.5. The normalized spacial score (nSPS) is 27.7. The number of rotatable bonds is 2. The molecule has 120 valence electrons. The quantitative estimate of drug-likeness (QED) is 0.862. The van der Waals surface area contributed by atoms with Crippen LogP contribution in [0.4, 0.5) is 5.82 Å². The van der Waals surface area contributed by atoms with Crippen LogP contribution in [0.3, 0.4) is 0 Å². The van der Waals surface area contributed by atoms with Crippen LogP contribution in [0.5, 0.6) is 0 Å². The maximum absolute atomic E-state index is 9.33. The van der Waals surface area contributed by atoms with Gasteiger partial charge in [0.05, 0.1) is 5.39 Å². The molecule has 6 nitrogen and oxygen atoms in total. The molecule has 4 heterocycles. The largest absolute Gasteiger partial charge is 0.355 e. The van der Waals surface area contributed by atoms with Crippen LogP contribution >= 0.6 is 0 Å². The molecule has 0 saturated carbocycles. The van der Waals surface area contributed by atoms with Crippen molar-refractivity contribution in [3.05, 3.63) is 18.6 Å². The van der Waals surface area contributed by atoms with E-state index < -0.39 is 0 Å². The average molecular weight is 310 g/mol. The highest BCUT2D eigenvalue weighted by Crippen LogP contribution is 2.45. The van der Waals surface area contributed by atoms with Crippen molar-refractivity contribution in [2.24, 2.45) is 11.3 Å². The van der Waals surface area contributed by atoms with Gasteiger partial charge in [-0.25, -0.2) is 9.97 Å². The van der Waals surface area contributed by atoms with Gasteiger partial charge in [-0.1, -0.05) is 6.92 Å². The number of anilines is 1. The van der Waals surface area contributed by atoms with Crippen molar-refractivity contribution in [1.82, 2.24) is 19.9 Å². The molecule has 2 aliphatic heterocycles. The minimum atomic E-state index is 0.194. The summed E-state index contributed by atoms with van der Waals surface area (Å²) in [5.41, 5.74) is 1.09. The van der Waals surface area contributed by atoms with E-state index in [0.29, 0.717) is 0 Å². The van der Waals surface area contributed by atoms with Crippen LogP contribution in [0.1, 0.15) is 26.2 Å². The second-order valence-corrected chi connectivity index (χ2v) is 6.87. The number of nitrogens with one attached hydrogen (secondary N) is 1. The molecule has 2 atom stereocenters. The summed E-state index contributed by atoms with van der Waals surface area (Å²) in [7, 11) is 0. The average Bonchev–Trinajstić information content (AvgIpc) is 3.09. The maximum atomic E-state index is 9.33. The number of likely N-dealkylation sites (tertiary alicyclic amines) is 1. The van der Waals surface area contributed by atoms with Gasteiger partial charge in [-0.15, -0.1) is 0 Å². The molecule has 0 radical (unpaired) electrons. The Bertz CT molecular complexity index is 747. The van der Waals surface area contributed by atoms with Crippen LogP contribution in [0.15, 0.2) is 18.6 Å². The molecule has 0 bridgehead atoms. The molecule has 2 aliphatic rings. The lowest BCUT2D eigenvalue weighted by molar-refractivity contribution is 0.0357. The first-order valence-corrected chi connectivity index (χ1v) is 8.43. The SMILES string of the molecule is CC[C@@]12CN(C#N)CC[C@@H]1CCN(c1ncnc3[nH]ccc13)C2. The fourth-order valence-corrected chi connectivity index (χ4v) is 4.50. The predicted octanol–water partition coefficient (Wildman–Crippen LogP) is 2.37. The molecule has 4 rings (SSSR count). The van der Waals surface area contributed by atoms with Crippen LogP contribution in [-0.4, -0.2) is 46.0 Å². The Balaban J connectivity index is 1.68. The molecule has 0 aromatic carbocycles. The fraction of sp³-hybridized carbons (Fsp3) is 0.588. The predicted molar refractivity (Wildman–Crippen MR) is 88.7 cm³/mol. The molecule has 0 amide bonds. The van der Waals surface area contributed by atoms with Crippen LogP contribution < -0.4 is 4.90 Å². The smallest absolute Gasteiger partial charge is 0.179 e. The van der Waals surface area contributed by atoms with Crippen molar-refractivity contribution >= 4 is 16.9 Å². The lowest BCUT2D eigenvalue weighted by Gasteiger charge is -2.52. The lowest BCUT2D eigenvalue weighted by atomic mass is 9.65. The highest BCUT2D eigenvalue weighted by atomic mass is 15.2. The first kappa shape index (κ1) is 14.3. The van der Waals surface area contributed by atoms with Crippen LogP contribution in [0.25, 0.3) is 11.0 Å². The molecule has 2 saturated heterocycles. The topological polar surface area (TPSA) is 71.8 Å². The number of H-pyrrole nitrogens is 1. The van der Waals surface area contributed by atoms with Crippen LogP contribution in [-0.2, 0) is 0 Å². The Kier molecular flexibility index (Phi) is 3.37. The van der Waals surface area contributed by atoms with E-state index in [9.17, 15) is 5.26 Å². The van der Waals surface area contributed by atoms with E-state index in [4.69, 9.17) is 0 Å². The summed E-state index contributed by atoms with van der Waals surface area (Å²) in [5.74, 6) is 1.74. The second-order valence-electron chi connectivity index (χ2n) is 6.87. The van der Waals surface area contributed by atoms with Crippen LogP contribution in [0, 0.1) is 22.8 Å². The maximum Gasteiger partial charge on any atom is 0.179 e. The summed E-state index contributed by atoms with van der Waals surface area (Å²) in [4.78, 5) is 16.4. The Morgan fingerprint density at radius 1 is 1.35 bits per heavy atom. The molecule has 2 aromatic rings. The Hall–Kier alpha value is -2.29. The molecule has 0 spiro atoms. The summed E-state index contributed by atoms with van der Waals surface area (Å²) in [6, 6.07) is 2.05. The standard InChI is InChI=1S/C17H22N6/c1-2-17-9-22(11-18)7-4-13(17)5-8-23(10-17)16-14-3-6-19-15(14)20-12-21-16/h3,6,12-13H,2,4-5,7-10H2,1H3,(H,19,20,21)/t13-,17+/m1/s1. The molecular weight excluding hydrogens is 288 g/mol. The Labute approximate surface area is 136 Å². The van der Waals surface area contributed by atoms with Gasteiger partial charge < -0.3 is 14.8 Å². The van der Waals surface area contributed by atoms with Crippen molar-refractivity contribution in [1.29, 1.82) is 5.26 Å². The number of aromatic nitrogens is 3. The highest BCUT2D eigenvalue weighted by Gasteiger charge is 2.46. The van der Waals surface area contributed by atoms with E-state index in [1.165, 1.54) is 6.42 Å². The minimum Gasteiger partial charge on any atom is -0.355 e. The van der Waals surface area contributed by atoms with Gasteiger partial charge >= 0.3 is 0 Å². The first-order chi connectivity index (χ1) is 11.3. The van der Waals surface area contributed by atoms with Crippen molar-refractivity contribution in [3.63, 3.8) is 0 Å². The van der Waals surface area contributed by atoms with E-state index in [0.717, 1.165) is 61.8 Å². The monoisotopic (exact) mass is 310 g/mol. The van der Waals surface area contributed by atoms with Gasteiger partial charge in [-0.2, -0.15) is 5.26 Å². The van der Waals surface area contributed by atoms with Gasteiger partial charge in [0, 0.05) is 37.8 Å². The van der Waals surface area contributed by atoms with Gasteiger partial charge in [-0.3, -0.25) is 0 Å². The van der Waals surface area contributed by atoms with E-state index in [-0.39, 0.29) is 5.41 Å². The molecule has 2 fully saturated rings. The number of nitrogens with zero attached hydrogens (tertiary/aromatic N) is 5. The summed E-state index contributed by atoms with van der Waals surface area (Å²) < 4.78 is 0. The summed E-state index contributed by atoms with van der Waals surface area (Å²) in [6.45, 7) is 6.07. The molecule has 1 N–H and O–H groups in total. The van der Waals surface area contributed by atoms with Gasteiger partial charge in [0.15, 0.2) is 6.19 Å². The molecule has 0 unspecified atom stereocenters. The van der Waals surface area contributed by atoms with Gasteiger partial charge in [0.2, 0.25) is 0 Å². The summed E-state index contributed by atoms with van der Waals surface area (Å²) in [6.07, 6.45) is 9.35. The summed E-state index contributed by atoms with van der Waals surface area (Å²) >= 11 is 0. The van der Waals surface area contributed by atoms with Crippen LogP contribution in [0.2, 0.25) is 0 Å². The summed E-state index contributed by atoms with van der Waals surface area (Å²) in [5, 5.41) is 10.4. The third-order valence-corrected chi connectivity index (χ3v) is 5.85. The van der Waals surface area contributed by atoms with Gasteiger partial charge in [0.1, 0.15) is 17.8 Å². The molecule has 0 aliphatic carbocycles.